The number of aliphatic hydroxyl groups excluding tert-OH is 1. The zero-order valence-electron chi connectivity index (χ0n) is 23.9. The fourth-order valence-electron chi connectivity index (χ4n) is 6.02. The topological polar surface area (TPSA) is 105 Å². The highest BCUT2D eigenvalue weighted by molar-refractivity contribution is 7.89. The summed E-state index contributed by atoms with van der Waals surface area (Å²) < 4.78 is 39.9. The van der Waals surface area contributed by atoms with Gasteiger partial charge in [0.2, 0.25) is 15.9 Å². The largest absolute Gasteiger partial charge is 0.497 e. The van der Waals surface area contributed by atoms with E-state index in [9.17, 15) is 18.3 Å². The molecule has 40 heavy (non-hydrogen) atoms. The number of nitrogens with one attached hydrogen (secondary N) is 1. The molecular weight excluding hydrogens is 528 g/mol. The molecule has 9 heteroatoms. The second-order valence-electron chi connectivity index (χ2n) is 11.7. The molecule has 1 saturated carbocycles. The minimum absolute atomic E-state index is 0.0345. The van der Waals surface area contributed by atoms with Gasteiger partial charge in [-0.25, -0.2) is 8.42 Å². The van der Waals surface area contributed by atoms with Crippen molar-refractivity contribution in [3.05, 3.63) is 60.2 Å². The van der Waals surface area contributed by atoms with E-state index in [4.69, 9.17) is 9.47 Å². The molecule has 1 aliphatic carbocycles. The Labute approximate surface area is 239 Å². The number of benzene rings is 2. The number of carbonyl (C=O) groups excluding carboxylic acids is 1. The van der Waals surface area contributed by atoms with Crippen molar-refractivity contribution in [2.45, 2.75) is 81.4 Å². The minimum Gasteiger partial charge on any atom is -0.497 e. The SMILES string of the molecule is COc1ccc(S(=O)(=O)N(CC(C)C)C[C@@H](O)[C@H](Cc2ccccc2)NC(=O)[C@@H]2CCC[C@@]3(CCCO3)C2)cc1. The molecule has 2 aromatic rings. The van der Waals surface area contributed by atoms with Gasteiger partial charge in [0.05, 0.1) is 29.8 Å². The third kappa shape index (κ3) is 7.63. The second kappa shape index (κ2) is 13.5. The zero-order valence-corrected chi connectivity index (χ0v) is 24.7. The molecule has 0 bridgehead atoms. The van der Waals surface area contributed by atoms with E-state index in [0.717, 1.165) is 44.3 Å². The Morgan fingerprint density at radius 3 is 2.42 bits per heavy atom. The highest BCUT2D eigenvalue weighted by Crippen LogP contribution is 2.42. The van der Waals surface area contributed by atoms with Crippen LogP contribution in [0.2, 0.25) is 0 Å². The number of methoxy groups -OCH3 is 1. The second-order valence-corrected chi connectivity index (χ2v) is 13.6. The lowest BCUT2D eigenvalue weighted by Crippen LogP contribution is -2.53. The third-order valence-corrected chi connectivity index (χ3v) is 9.95. The van der Waals surface area contributed by atoms with Gasteiger partial charge in [0.25, 0.3) is 0 Å². The van der Waals surface area contributed by atoms with Crippen LogP contribution in [0.5, 0.6) is 5.75 Å². The monoisotopic (exact) mass is 572 g/mol. The number of rotatable bonds is 12. The smallest absolute Gasteiger partial charge is 0.243 e. The Kier molecular flexibility index (Phi) is 10.3. The van der Waals surface area contributed by atoms with Crippen LogP contribution >= 0.6 is 0 Å². The predicted octanol–water partition coefficient (Wildman–Crippen LogP) is 4.17. The van der Waals surface area contributed by atoms with Gasteiger partial charge in [0.15, 0.2) is 0 Å². The van der Waals surface area contributed by atoms with E-state index in [0.29, 0.717) is 18.6 Å². The van der Waals surface area contributed by atoms with Crippen LogP contribution in [0.3, 0.4) is 0 Å². The molecule has 0 radical (unpaired) electrons. The molecule has 1 aliphatic heterocycles. The van der Waals surface area contributed by atoms with E-state index < -0.39 is 22.2 Å². The van der Waals surface area contributed by atoms with Crippen LogP contribution in [0.1, 0.15) is 57.9 Å². The maximum Gasteiger partial charge on any atom is 0.243 e. The van der Waals surface area contributed by atoms with Gasteiger partial charge >= 0.3 is 0 Å². The fraction of sp³-hybridized carbons (Fsp3) is 0.581. The summed E-state index contributed by atoms with van der Waals surface area (Å²) in [6.07, 6.45) is 4.69. The molecule has 2 N–H and O–H groups in total. The summed E-state index contributed by atoms with van der Waals surface area (Å²) in [4.78, 5) is 13.7. The van der Waals surface area contributed by atoms with E-state index in [1.165, 1.54) is 23.5 Å². The number of sulfonamides is 1. The quantitative estimate of drug-likeness (QED) is 0.396. The van der Waals surface area contributed by atoms with Crippen LogP contribution in [-0.4, -0.2) is 68.3 Å². The van der Waals surface area contributed by atoms with Crippen molar-refractivity contribution in [2.24, 2.45) is 11.8 Å². The van der Waals surface area contributed by atoms with Gasteiger partial charge < -0.3 is 19.9 Å². The lowest BCUT2D eigenvalue weighted by atomic mass is 9.76. The van der Waals surface area contributed by atoms with Gasteiger partial charge in [0, 0.05) is 25.6 Å². The molecule has 4 atom stereocenters. The molecule has 8 nitrogen and oxygen atoms in total. The summed E-state index contributed by atoms with van der Waals surface area (Å²) in [6.45, 7) is 4.73. The van der Waals surface area contributed by atoms with Crippen molar-refractivity contribution in [1.29, 1.82) is 0 Å². The van der Waals surface area contributed by atoms with Gasteiger partial charge in [-0.2, -0.15) is 4.31 Å². The van der Waals surface area contributed by atoms with Crippen LogP contribution in [0.25, 0.3) is 0 Å². The predicted molar refractivity (Wildman–Crippen MR) is 155 cm³/mol. The van der Waals surface area contributed by atoms with Gasteiger partial charge in [-0.3, -0.25) is 4.79 Å². The molecule has 1 heterocycles. The molecule has 0 unspecified atom stereocenters. The van der Waals surface area contributed by atoms with E-state index in [2.05, 4.69) is 5.32 Å². The van der Waals surface area contributed by atoms with Crippen molar-refractivity contribution in [3.8, 4) is 5.75 Å². The first-order valence-corrected chi connectivity index (χ1v) is 15.9. The molecule has 1 spiro atoms. The van der Waals surface area contributed by atoms with Crippen LogP contribution in [-0.2, 0) is 26.0 Å². The number of carbonyl (C=O) groups is 1. The van der Waals surface area contributed by atoms with Crippen molar-refractivity contribution in [3.63, 3.8) is 0 Å². The number of amides is 1. The molecule has 0 aromatic heterocycles. The Morgan fingerprint density at radius 1 is 1.10 bits per heavy atom. The molecule has 220 valence electrons. The highest BCUT2D eigenvalue weighted by atomic mass is 32.2. The summed E-state index contributed by atoms with van der Waals surface area (Å²) >= 11 is 0. The van der Waals surface area contributed by atoms with E-state index in [1.807, 2.05) is 44.2 Å². The third-order valence-electron chi connectivity index (χ3n) is 8.11. The first kappa shape index (κ1) is 30.5. The van der Waals surface area contributed by atoms with Crippen molar-refractivity contribution in [1.82, 2.24) is 9.62 Å². The van der Waals surface area contributed by atoms with E-state index in [-0.39, 0.29) is 41.3 Å². The Balaban J connectivity index is 1.54. The number of hydrogen-bond acceptors (Lipinski definition) is 6. The molecule has 4 rings (SSSR count). The standard InChI is InChI=1S/C31H44N2O6S/c1-23(2)21-33(40(36,37)27-14-12-26(38-3)13-15-27)22-29(34)28(19-24-9-5-4-6-10-24)32-30(35)25-11-7-16-31(20-25)17-8-18-39-31/h4-6,9-10,12-15,23,25,28-29,34H,7-8,11,16-22H2,1-3H3,(H,32,35)/t25-,28+,29-,31-/m1/s1. The fourth-order valence-corrected chi connectivity index (χ4v) is 7.65. The van der Waals surface area contributed by atoms with Gasteiger partial charge in [0.1, 0.15) is 5.75 Å². The molecule has 2 aromatic carbocycles. The van der Waals surface area contributed by atoms with Crippen molar-refractivity contribution < 1.29 is 27.8 Å². The van der Waals surface area contributed by atoms with Gasteiger partial charge in [-0.15, -0.1) is 0 Å². The summed E-state index contributed by atoms with van der Waals surface area (Å²) in [7, 11) is -2.37. The maximum atomic E-state index is 13.7. The van der Waals surface area contributed by atoms with Crippen LogP contribution in [0.15, 0.2) is 59.5 Å². The lowest BCUT2D eigenvalue weighted by Gasteiger charge is -2.37. The summed E-state index contributed by atoms with van der Waals surface area (Å²) in [5, 5.41) is 14.7. The van der Waals surface area contributed by atoms with Crippen molar-refractivity contribution >= 4 is 15.9 Å². The highest BCUT2D eigenvalue weighted by Gasteiger charge is 2.42. The minimum atomic E-state index is -3.90. The van der Waals surface area contributed by atoms with Crippen molar-refractivity contribution in [2.75, 3.05) is 26.8 Å². The van der Waals surface area contributed by atoms with Crippen LogP contribution in [0, 0.1) is 11.8 Å². The zero-order chi connectivity index (χ0) is 28.8. The Morgan fingerprint density at radius 2 is 1.80 bits per heavy atom. The van der Waals surface area contributed by atoms with Crippen LogP contribution < -0.4 is 10.1 Å². The summed E-state index contributed by atoms with van der Waals surface area (Å²) in [5.41, 5.74) is 0.758. The molecular formula is C31H44N2O6S. The van der Waals surface area contributed by atoms with Gasteiger partial charge in [-0.05, 0) is 80.7 Å². The molecule has 2 fully saturated rings. The number of hydrogen-bond donors (Lipinski definition) is 2. The number of nitrogens with zero attached hydrogens (tertiary/aromatic N) is 1. The molecule has 1 amide bonds. The molecule has 2 aliphatic rings. The first-order valence-electron chi connectivity index (χ1n) is 14.4. The molecule has 1 saturated heterocycles. The first-order chi connectivity index (χ1) is 19.1. The van der Waals surface area contributed by atoms with Crippen LogP contribution in [0.4, 0.5) is 0 Å². The summed E-state index contributed by atoms with van der Waals surface area (Å²) in [5.74, 6) is 0.315. The average molecular weight is 573 g/mol. The van der Waals surface area contributed by atoms with Gasteiger partial charge in [-0.1, -0.05) is 44.2 Å². The maximum absolute atomic E-state index is 13.7. The van der Waals surface area contributed by atoms with E-state index >= 15 is 0 Å². The van der Waals surface area contributed by atoms with E-state index in [1.54, 1.807) is 12.1 Å². The number of aliphatic hydroxyl groups is 1. The lowest BCUT2D eigenvalue weighted by molar-refractivity contribution is -0.132. The normalized spacial score (nSPS) is 22.9. The number of ether oxygens (including phenoxy) is 2. The Hall–Kier alpha value is -2.46. The average Bonchev–Trinajstić information content (AvgIpc) is 3.39. The summed E-state index contributed by atoms with van der Waals surface area (Å²) in [6, 6.07) is 15.3. The Bertz CT molecular complexity index is 1200.